The highest BCUT2D eigenvalue weighted by Crippen LogP contribution is 2.28. The maximum Gasteiger partial charge on any atom is 0.207 e. The van der Waals surface area contributed by atoms with Crippen LogP contribution in [-0.4, -0.2) is 23.8 Å². The van der Waals surface area contributed by atoms with Crippen LogP contribution in [0.3, 0.4) is 0 Å². The van der Waals surface area contributed by atoms with Crippen LogP contribution >= 0.6 is 11.3 Å². The molecule has 1 aliphatic rings. The van der Waals surface area contributed by atoms with Crippen LogP contribution in [0.25, 0.3) is 0 Å². The molecule has 0 saturated heterocycles. The second-order valence-corrected chi connectivity index (χ2v) is 4.21. The van der Waals surface area contributed by atoms with E-state index >= 15 is 0 Å². The molecule has 12 heavy (non-hydrogen) atoms. The molecule has 2 rings (SSSR count). The highest BCUT2D eigenvalue weighted by atomic mass is 32.1. The molecule has 1 saturated carbocycles. The van der Waals surface area contributed by atoms with Gasteiger partial charge in [0.05, 0.1) is 0 Å². The third-order valence-electron chi connectivity index (χ3n) is 2.43. The molecule has 1 aliphatic carbocycles. The molecule has 0 spiro atoms. The van der Waals surface area contributed by atoms with Crippen molar-refractivity contribution >= 4 is 16.5 Å². The molecule has 1 fully saturated rings. The Labute approximate surface area is 76.4 Å². The molecule has 0 aromatic carbocycles. The van der Waals surface area contributed by atoms with Crippen molar-refractivity contribution in [2.24, 2.45) is 5.92 Å². The molecule has 0 aliphatic heterocycles. The average Bonchev–Trinajstić information content (AvgIpc) is 2.47. The van der Waals surface area contributed by atoms with Crippen LogP contribution in [-0.2, 0) is 0 Å². The second-order valence-electron chi connectivity index (χ2n) is 3.40. The monoisotopic (exact) mass is 183 g/mol. The quantitative estimate of drug-likeness (QED) is 0.715. The molecule has 66 valence electrons. The fourth-order valence-electron chi connectivity index (χ4n) is 1.47. The van der Waals surface area contributed by atoms with Crippen molar-refractivity contribution in [3.05, 3.63) is 5.51 Å². The minimum Gasteiger partial charge on any atom is -0.349 e. The summed E-state index contributed by atoms with van der Waals surface area (Å²) < 4.78 is 0. The maximum atomic E-state index is 4.02. The van der Waals surface area contributed by atoms with E-state index in [1.54, 1.807) is 16.8 Å². The van der Waals surface area contributed by atoms with Crippen LogP contribution in [0, 0.1) is 5.92 Å². The lowest BCUT2D eigenvalue weighted by Crippen LogP contribution is -2.29. The molecule has 0 amide bonds. The Morgan fingerprint density at radius 1 is 1.67 bits per heavy atom. The average molecular weight is 183 g/mol. The Kier molecular flexibility index (Phi) is 2.26. The number of rotatable bonds is 3. The van der Waals surface area contributed by atoms with Crippen molar-refractivity contribution < 1.29 is 0 Å². The summed E-state index contributed by atoms with van der Waals surface area (Å²) in [5.41, 5.74) is 1.78. The van der Waals surface area contributed by atoms with Gasteiger partial charge in [-0.2, -0.15) is 0 Å². The van der Waals surface area contributed by atoms with Crippen LogP contribution in [0.1, 0.15) is 19.3 Å². The van der Waals surface area contributed by atoms with Gasteiger partial charge in [0.15, 0.2) is 0 Å². The molecule has 0 radical (unpaired) electrons. The van der Waals surface area contributed by atoms with Gasteiger partial charge < -0.3 is 4.90 Å². The summed E-state index contributed by atoms with van der Waals surface area (Å²) in [7, 11) is 2.10. The van der Waals surface area contributed by atoms with Crippen LogP contribution in [0.4, 0.5) is 5.13 Å². The van der Waals surface area contributed by atoms with E-state index in [0.717, 1.165) is 17.6 Å². The Morgan fingerprint density at radius 2 is 2.50 bits per heavy atom. The lowest BCUT2D eigenvalue weighted by molar-refractivity contribution is 0.321. The van der Waals surface area contributed by atoms with Crippen LogP contribution < -0.4 is 4.90 Å². The van der Waals surface area contributed by atoms with Gasteiger partial charge >= 0.3 is 0 Å². The fourth-order valence-corrected chi connectivity index (χ4v) is 2.01. The van der Waals surface area contributed by atoms with Crippen molar-refractivity contribution in [3.63, 3.8) is 0 Å². The predicted octanol–water partition coefficient (Wildman–Crippen LogP) is 1.77. The molecule has 0 bridgehead atoms. The molecular weight excluding hydrogens is 170 g/mol. The van der Waals surface area contributed by atoms with Gasteiger partial charge in [-0.15, -0.1) is 10.2 Å². The number of anilines is 1. The van der Waals surface area contributed by atoms with Gasteiger partial charge in [0.2, 0.25) is 5.13 Å². The number of hydrogen-bond acceptors (Lipinski definition) is 4. The third kappa shape index (κ3) is 1.58. The second kappa shape index (κ2) is 3.39. The number of nitrogens with zero attached hydrogens (tertiary/aromatic N) is 3. The minimum absolute atomic E-state index is 0.902. The first-order chi connectivity index (χ1) is 5.86. The van der Waals surface area contributed by atoms with E-state index in [2.05, 4.69) is 22.1 Å². The normalized spacial score (nSPS) is 17.4. The zero-order chi connectivity index (χ0) is 8.39. The minimum atomic E-state index is 0.902. The van der Waals surface area contributed by atoms with Gasteiger partial charge in [-0.05, 0) is 18.8 Å². The van der Waals surface area contributed by atoms with E-state index in [1.807, 2.05) is 0 Å². The topological polar surface area (TPSA) is 29.0 Å². The molecule has 0 unspecified atom stereocenters. The Bertz CT molecular complexity index is 230. The van der Waals surface area contributed by atoms with Gasteiger partial charge in [-0.3, -0.25) is 0 Å². The van der Waals surface area contributed by atoms with E-state index in [9.17, 15) is 0 Å². The first-order valence-electron chi connectivity index (χ1n) is 4.33. The Morgan fingerprint density at radius 3 is 3.00 bits per heavy atom. The van der Waals surface area contributed by atoms with Gasteiger partial charge in [-0.25, -0.2) is 0 Å². The Balaban J connectivity index is 1.87. The first-order valence-corrected chi connectivity index (χ1v) is 5.21. The summed E-state index contributed by atoms with van der Waals surface area (Å²) in [6, 6.07) is 0. The lowest BCUT2D eigenvalue weighted by atomic mass is 9.85. The van der Waals surface area contributed by atoms with Crippen molar-refractivity contribution in [3.8, 4) is 0 Å². The summed E-state index contributed by atoms with van der Waals surface area (Å²) in [5.74, 6) is 0.902. The van der Waals surface area contributed by atoms with E-state index in [0.29, 0.717) is 0 Å². The van der Waals surface area contributed by atoms with E-state index in [4.69, 9.17) is 0 Å². The molecule has 0 N–H and O–H groups in total. The number of aromatic nitrogens is 2. The van der Waals surface area contributed by atoms with Gasteiger partial charge in [-0.1, -0.05) is 17.8 Å². The zero-order valence-electron chi connectivity index (χ0n) is 7.23. The van der Waals surface area contributed by atoms with Crippen molar-refractivity contribution in [2.75, 3.05) is 18.5 Å². The molecule has 1 aromatic rings. The molecule has 3 nitrogen and oxygen atoms in total. The van der Waals surface area contributed by atoms with Crippen molar-refractivity contribution in [1.82, 2.24) is 10.2 Å². The van der Waals surface area contributed by atoms with Crippen LogP contribution in [0.2, 0.25) is 0 Å². The van der Waals surface area contributed by atoms with Gasteiger partial charge in [0, 0.05) is 13.6 Å². The lowest BCUT2D eigenvalue weighted by Gasteiger charge is -2.29. The highest BCUT2D eigenvalue weighted by molar-refractivity contribution is 7.13. The van der Waals surface area contributed by atoms with E-state index < -0.39 is 0 Å². The molecule has 1 heterocycles. The van der Waals surface area contributed by atoms with Crippen molar-refractivity contribution in [2.45, 2.75) is 19.3 Å². The molecule has 0 atom stereocenters. The summed E-state index contributed by atoms with van der Waals surface area (Å²) in [4.78, 5) is 2.21. The van der Waals surface area contributed by atoms with Crippen LogP contribution in [0.15, 0.2) is 5.51 Å². The summed E-state index contributed by atoms with van der Waals surface area (Å²) in [5, 5.41) is 8.89. The van der Waals surface area contributed by atoms with Crippen LogP contribution in [0.5, 0.6) is 0 Å². The smallest absolute Gasteiger partial charge is 0.207 e. The molecular formula is C8H13N3S. The predicted molar refractivity (Wildman–Crippen MR) is 50.5 cm³/mol. The van der Waals surface area contributed by atoms with E-state index in [1.165, 1.54) is 19.3 Å². The van der Waals surface area contributed by atoms with Gasteiger partial charge in [0.25, 0.3) is 0 Å². The summed E-state index contributed by atoms with van der Waals surface area (Å²) in [6.07, 6.45) is 4.20. The maximum absolute atomic E-state index is 4.02. The van der Waals surface area contributed by atoms with E-state index in [-0.39, 0.29) is 0 Å². The zero-order valence-corrected chi connectivity index (χ0v) is 8.05. The SMILES string of the molecule is CN(CC1CCC1)c1nncs1. The third-order valence-corrected chi connectivity index (χ3v) is 3.24. The van der Waals surface area contributed by atoms with Crippen molar-refractivity contribution in [1.29, 1.82) is 0 Å². The first kappa shape index (κ1) is 7.98. The fraction of sp³-hybridized carbons (Fsp3) is 0.750. The summed E-state index contributed by atoms with van der Waals surface area (Å²) in [6.45, 7) is 1.15. The summed E-state index contributed by atoms with van der Waals surface area (Å²) >= 11 is 1.61. The number of hydrogen-bond donors (Lipinski definition) is 0. The highest BCUT2D eigenvalue weighted by Gasteiger charge is 2.19. The standard InChI is InChI=1S/C8H13N3S/c1-11(5-7-3-2-4-7)8-10-9-6-12-8/h6-7H,2-5H2,1H3. The Hall–Kier alpha value is -0.640. The molecule has 1 aromatic heterocycles. The van der Waals surface area contributed by atoms with Gasteiger partial charge in [0.1, 0.15) is 5.51 Å². The largest absolute Gasteiger partial charge is 0.349 e. The molecule has 4 heteroatoms.